The third-order valence-corrected chi connectivity index (χ3v) is 2.84. The van der Waals surface area contributed by atoms with Gasteiger partial charge >= 0.3 is 0 Å². The maximum atomic E-state index is 5.05. The number of aryl methyl sites for hydroxylation is 2. The summed E-state index contributed by atoms with van der Waals surface area (Å²) in [6.45, 7) is 5.14. The maximum Gasteiger partial charge on any atom is 0.166 e. The van der Waals surface area contributed by atoms with E-state index in [1.807, 2.05) is 0 Å². The molecule has 1 aliphatic heterocycles. The lowest BCUT2D eigenvalue weighted by molar-refractivity contribution is 0.701. The van der Waals surface area contributed by atoms with E-state index in [2.05, 4.69) is 42.7 Å². The van der Waals surface area contributed by atoms with Gasteiger partial charge in [0.15, 0.2) is 5.11 Å². The van der Waals surface area contributed by atoms with Crippen LogP contribution in [-0.2, 0) is 0 Å². The summed E-state index contributed by atoms with van der Waals surface area (Å²) < 4.78 is 0. The van der Waals surface area contributed by atoms with Gasteiger partial charge in [0.25, 0.3) is 0 Å². The standard InChI is InChI=1S/C11H14N2S/c1-7-3-4-8(2)9(5-7)10-6-12-11(14)13-10/h3-5,10H,6H2,1-2H3,(H2,12,13,14). The third kappa shape index (κ3) is 1.73. The van der Waals surface area contributed by atoms with Crippen LogP contribution in [-0.4, -0.2) is 11.7 Å². The molecule has 0 saturated carbocycles. The van der Waals surface area contributed by atoms with E-state index in [1.54, 1.807) is 0 Å². The fraction of sp³-hybridized carbons (Fsp3) is 0.364. The molecule has 1 aromatic rings. The minimum atomic E-state index is 0.336. The second kappa shape index (κ2) is 3.58. The van der Waals surface area contributed by atoms with Gasteiger partial charge in [-0.3, -0.25) is 0 Å². The molecule has 0 spiro atoms. The molecule has 0 amide bonds. The van der Waals surface area contributed by atoms with E-state index < -0.39 is 0 Å². The smallest absolute Gasteiger partial charge is 0.166 e. The molecular formula is C11H14N2S. The summed E-state index contributed by atoms with van der Waals surface area (Å²) in [5, 5.41) is 7.15. The molecule has 2 N–H and O–H groups in total. The van der Waals surface area contributed by atoms with Crippen LogP contribution in [0.5, 0.6) is 0 Å². The molecule has 1 aromatic carbocycles. The Labute approximate surface area is 89.7 Å². The fourth-order valence-electron chi connectivity index (χ4n) is 1.78. The molecule has 1 fully saturated rings. The number of hydrogen-bond donors (Lipinski definition) is 2. The van der Waals surface area contributed by atoms with Gasteiger partial charge in [-0.25, -0.2) is 0 Å². The molecule has 0 bridgehead atoms. The van der Waals surface area contributed by atoms with Crippen LogP contribution in [0, 0.1) is 13.8 Å². The minimum absolute atomic E-state index is 0.336. The summed E-state index contributed by atoms with van der Waals surface area (Å²) >= 11 is 5.05. The summed E-state index contributed by atoms with van der Waals surface area (Å²) in [6, 6.07) is 6.86. The van der Waals surface area contributed by atoms with Gasteiger partial charge in [-0.2, -0.15) is 0 Å². The Kier molecular flexibility index (Phi) is 2.42. The van der Waals surface area contributed by atoms with E-state index in [0.717, 1.165) is 11.7 Å². The highest BCUT2D eigenvalue weighted by Gasteiger charge is 2.20. The van der Waals surface area contributed by atoms with Crippen molar-refractivity contribution in [3.05, 3.63) is 34.9 Å². The van der Waals surface area contributed by atoms with Crippen LogP contribution in [0.2, 0.25) is 0 Å². The topological polar surface area (TPSA) is 24.1 Å². The van der Waals surface area contributed by atoms with Crippen molar-refractivity contribution in [3.8, 4) is 0 Å². The number of nitrogens with one attached hydrogen (secondary N) is 2. The first-order valence-corrected chi connectivity index (χ1v) is 5.19. The highest BCUT2D eigenvalue weighted by molar-refractivity contribution is 7.80. The van der Waals surface area contributed by atoms with E-state index >= 15 is 0 Å². The van der Waals surface area contributed by atoms with E-state index in [1.165, 1.54) is 16.7 Å². The van der Waals surface area contributed by atoms with Gasteiger partial charge in [0.1, 0.15) is 0 Å². The predicted molar refractivity (Wildman–Crippen MR) is 62.4 cm³/mol. The van der Waals surface area contributed by atoms with Gasteiger partial charge in [-0.1, -0.05) is 23.8 Å². The van der Waals surface area contributed by atoms with Gasteiger partial charge in [-0.05, 0) is 37.2 Å². The largest absolute Gasteiger partial charge is 0.360 e. The molecular weight excluding hydrogens is 192 g/mol. The normalized spacial score (nSPS) is 20.4. The molecule has 1 aliphatic rings. The van der Waals surface area contributed by atoms with Crippen molar-refractivity contribution < 1.29 is 0 Å². The van der Waals surface area contributed by atoms with Gasteiger partial charge in [0.05, 0.1) is 6.04 Å². The molecule has 14 heavy (non-hydrogen) atoms. The van der Waals surface area contributed by atoms with E-state index in [9.17, 15) is 0 Å². The maximum absolute atomic E-state index is 5.05. The molecule has 2 rings (SSSR count). The second-order valence-electron chi connectivity index (χ2n) is 3.77. The number of hydrogen-bond acceptors (Lipinski definition) is 1. The molecule has 1 heterocycles. The summed E-state index contributed by atoms with van der Waals surface area (Å²) in [5.74, 6) is 0. The van der Waals surface area contributed by atoms with Crippen LogP contribution >= 0.6 is 12.2 Å². The van der Waals surface area contributed by atoms with Crippen LogP contribution < -0.4 is 10.6 Å². The van der Waals surface area contributed by atoms with Gasteiger partial charge in [0.2, 0.25) is 0 Å². The molecule has 1 unspecified atom stereocenters. The molecule has 74 valence electrons. The van der Waals surface area contributed by atoms with Crippen molar-refractivity contribution in [2.24, 2.45) is 0 Å². The van der Waals surface area contributed by atoms with Gasteiger partial charge in [0, 0.05) is 6.54 Å². The number of rotatable bonds is 1. The number of thiocarbonyl (C=S) groups is 1. The minimum Gasteiger partial charge on any atom is -0.360 e. The van der Waals surface area contributed by atoms with E-state index in [4.69, 9.17) is 12.2 Å². The average molecular weight is 206 g/mol. The second-order valence-corrected chi connectivity index (χ2v) is 4.18. The zero-order valence-electron chi connectivity index (χ0n) is 8.42. The predicted octanol–water partition coefficient (Wildman–Crippen LogP) is 1.82. The fourth-order valence-corrected chi connectivity index (χ4v) is 2.00. The number of benzene rings is 1. The van der Waals surface area contributed by atoms with Crippen molar-refractivity contribution in [2.75, 3.05) is 6.54 Å². The quantitative estimate of drug-likeness (QED) is 0.685. The Balaban J connectivity index is 2.31. The lowest BCUT2D eigenvalue weighted by Crippen LogP contribution is -2.21. The van der Waals surface area contributed by atoms with Crippen LogP contribution in [0.25, 0.3) is 0 Å². The van der Waals surface area contributed by atoms with Crippen molar-refractivity contribution in [1.82, 2.24) is 10.6 Å². The lowest BCUT2D eigenvalue weighted by Gasteiger charge is -2.13. The van der Waals surface area contributed by atoms with Gasteiger partial charge in [-0.15, -0.1) is 0 Å². The summed E-state index contributed by atoms with van der Waals surface area (Å²) in [4.78, 5) is 0. The molecule has 0 aliphatic carbocycles. The molecule has 0 aromatic heterocycles. The molecule has 2 nitrogen and oxygen atoms in total. The van der Waals surface area contributed by atoms with E-state index in [0.29, 0.717) is 6.04 Å². The van der Waals surface area contributed by atoms with Crippen LogP contribution in [0.3, 0.4) is 0 Å². The zero-order chi connectivity index (χ0) is 10.1. The van der Waals surface area contributed by atoms with Gasteiger partial charge < -0.3 is 10.6 Å². The van der Waals surface area contributed by atoms with Crippen molar-refractivity contribution in [2.45, 2.75) is 19.9 Å². The SMILES string of the molecule is Cc1ccc(C)c(C2CNC(=S)N2)c1. The zero-order valence-corrected chi connectivity index (χ0v) is 9.24. The molecule has 1 atom stereocenters. The van der Waals surface area contributed by atoms with Crippen LogP contribution in [0.15, 0.2) is 18.2 Å². The van der Waals surface area contributed by atoms with Crippen molar-refractivity contribution >= 4 is 17.3 Å². The first kappa shape index (κ1) is 9.46. The Morgan fingerprint density at radius 1 is 1.36 bits per heavy atom. The summed E-state index contributed by atoms with van der Waals surface area (Å²) in [6.07, 6.45) is 0. The highest BCUT2D eigenvalue weighted by atomic mass is 32.1. The first-order valence-electron chi connectivity index (χ1n) is 4.78. The third-order valence-electron chi connectivity index (χ3n) is 2.58. The van der Waals surface area contributed by atoms with E-state index in [-0.39, 0.29) is 0 Å². The first-order chi connectivity index (χ1) is 6.66. The molecule has 0 radical (unpaired) electrons. The monoisotopic (exact) mass is 206 g/mol. The Morgan fingerprint density at radius 2 is 2.14 bits per heavy atom. The lowest BCUT2D eigenvalue weighted by atomic mass is 10.00. The molecule has 3 heteroatoms. The van der Waals surface area contributed by atoms with Crippen LogP contribution in [0.4, 0.5) is 0 Å². The Bertz CT molecular complexity index is 374. The molecule has 1 saturated heterocycles. The highest BCUT2D eigenvalue weighted by Crippen LogP contribution is 2.20. The summed E-state index contributed by atoms with van der Waals surface area (Å²) in [5.41, 5.74) is 3.96. The van der Waals surface area contributed by atoms with Crippen LogP contribution in [0.1, 0.15) is 22.7 Å². The van der Waals surface area contributed by atoms with Crippen molar-refractivity contribution in [1.29, 1.82) is 0 Å². The van der Waals surface area contributed by atoms with Crippen molar-refractivity contribution in [3.63, 3.8) is 0 Å². The summed E-state index contributed by atoms with van der Waals surface area (Å²) in [7, 11) is 0. The Morgan fingerprint density at radius 3 is 2.79 bits per heavy atom. The average Bonchev–Trinajstić information content (AvgIpc) is 2.56. The Hall–Kier alpha value is -1.09.